The molecule has 1 aliphatic rings. The van der Waals surface area contributed by atoms with Crippen molar-refractivity contribution in [3.05, 3.63) is 50.5 Å². The molecule has 19 heavy (non-hydrogen) atoms. The molecule has 0 aliphatic heterocycles. The Kier molecular flexibility index (Phi) is 2.59. The SMILES string of the molecule is O=Cc1c(O)[nH]c(=O)c2c1=CC(c1ccco1)CC=2. The number of furan rings is 1. The van der Waals surface area contributed by atoms with Crippen molar-refractivity contribution in [2.75, 3.05) is 0 Å². The van der Waals surface area contributed by atoms with Gasteiger partial charge in [0.1, 0.15) is 5.76 Å². The van der Waals surface area contributed by atoms with Gasteiger partial charge >= 0.3 is 0 Å². The van der Waals surface area contributed by atoms with Crippen molar-refractivity contribution < 1.29 is 14.3 Å². The first-order valence-electron chi connectivity index (χ1n) is 5.86. The lowest BCUT2D eigenvalue weighted by Gasteiger charge is -2.12. The molecule has 2 heterocycles. The summed E-state index contributed by atoms with van der Waals surface area (Å²) in [6, 6.07) is 3.63. The first-order chi connectivity index (χ1) is 9.20. The second kappa shape index (κ2) is 4.28. The number of rotatable bonds is 2. The minimum Gasteiger partial charge on any atom is -0.494 e. The summed E-state index contributed by atoms with van der Waals surface area (Å²) in [6.45, 7) is 0. The van der Waals surface area contributed by atoms with Crippen LogP contribution in [-0.2, 0) is 0 Å². The monoisotopic (exact) mass is 257 g/mol. The van der Waals surface area contributed by atoms with Crippen molar-refractivity contribution in [1.29, 1.82) is 0 Å². The van der Waals surface area contributed by atoms with E-state index in [2.05, 4.69) is 4.98 Å². The molecule has 0 saturated carbocycles. The molecule has 5 nitrogen and oxygen atoms in total. The van der Waals surface area contributed by atoms with E-state index >= 15 is 0 Å². The van der Waals surface area contributed by atoms with E-state index in [-0.39, 0.29) is 11.5 Å². The number of aldehydes is 1. The van der Waals surface area contributed by atoms with Gasteiger partial charge in [-0.3, -0.25) is 14.6 Å². The topological polar surface area (TPSA) is 83.3 Å². The molecule has 0 amide bonds. The third-order valence-electron chi connectivity index (χ3n) is 3.28. The highest BCUT2D eigenvalue weighted by Gasteiger charge is 2.17. The molecule has 1 aliphatic carbocycles. The lowest BCUT2D eigenvalue weighted by Crippen LogP contribution is -2.44. The van der Waals surface area contributed by atoms with Gasteiger partial charge in [0.25, 0.3) is 5.56 Å². The molecule has 1 unspecified atom stereocenters. The van der Waals surface area contributed by atoms with Gasteiger partial charge < -0.3 is 9.52 Å². The number of carbonyl (C=O) groups is 1. The molecule has 3 rings (SSSR count). The van der Waals surface area contributed by atoms with Crippen molar-refractivity contribution >= 4 is 18.4 Å². The highest BCUT2D eigenvalue weighted by molar-refractivity contribution is 5.79. The lowest BCUT2D eigenvalue weighted by atomic mass is 9.94. The zero-order chi connectivity index (χ0) is 13.4. The van der Waals surface area contributed by atoms with Crippen LogP contribution in [0, 0.1) is 0 Å². The van der Waals surface area contributed by atoms with E-state index in [1.165, 1.54) is 0 Å². The lowest BCUT2D eigenvalue weighted by molar-refractivity contribution is 0.111. The van der Waals surface area contributed by atoms with Crippen molar-refractivity contribution in [2.24, 2.45) is 0 Å². The van der Waals surface area contributed by atoms with Crippen LogP contribution in [0.3, 0.4) is 0 Å². The van der Waals surface area contributed by atoms with E-state index in [0.717, 1.165) is 5.76 Å². The predicted octanol–water partition coefficient (Wildman–Crippen LogP) is 0.234. The molecule has 5 heteroatoms. The van der Waals surface area contributed by atoms with Crippen LogP contribution in [0.15, 0.2) is 27.6 Å². The van der Waals surface area contributed by atoms with Crippen LogP contribution < -0.4 is 16.0 Å². The first-order valence-corrected chi connectivity index (χ1v) is 5.86. The molecule has 0 fully saturated rings. The summed E-state index contributed by atoms with van der Waals surface area (Å²) in [7, 11) is 0. The Bertz CT molecular complexity index is 799. The Balaban J connectivity index is 2.30. The van der Waals surface area contributed by atoms with Crippen LogP contribution in [0.25, 0.3) is 12.2 Å². The summed E-state index contributed by atoms with van der Waals surface area (Å²) in [4.78, 5) is 25.1. The minimum absolute atomic E-state index is 0.0394. The Labute approximate surface area is 107 Å². The summed E-state index contributed by atoms with van der Waals surface area (Å²) in [5.41, 5.74) is -0.297. The van der Waals surface area contributed by atoms with Crippen LogP contribution in [0.1, 0.15) is 28.5 Å². The first kappa shape index (κ1) is 11.5. The van der Waals surface area contributed by atoms with Crippen LogP contribution in [0.2, 0.25) is 0 Å². The average Bonchev–Trinajstić information content (AvgIpc) is 2.92. The van der Waals surface area contributed by atoms with Crippen molar-refractivity contribution in [2.45, 2.75) is 12.3 Å². The minimum atomic E-state index is -0.400. The maximum atomic E-state index is 11.7. The van der Waals surface area contributed by atoms with Gasteiger partial charge in [-0.1, -0.05) is 12.2 Å². The van der Waals surface area contributed by atoms with Crippen LogP contribution in [-0.4, -0.2) is 16.4 Å². The number of fused-ring (bicyclic) bond motifs is 1. The Morgan fingerprint density at radius 1 is 1.42 bits per heavy atom. The summed E-state index contributed by atoms with van der Waals surface area (Å²) >= 11 is 0. The molecule has 1 atom stereocenters. The molecule has 2 aromatic rings. The molecule has 0 aromatic carbocycles. The van der Waals surface area contributed by atoms with E-state index in [4.69, 9.17) is 4.42 Å². The zero-order valence-corrected chi connectivity index (χ0v) is 9.92. The fourth-order valence-corrected chi connectivity index (χ4v) is 2.35. The molecule has 2 N–H and O–H groups in total. The zero-order valence-electron chi connectivity index (χ0n) is 9.92. The van der Waals surface area contributed by atoms with E-state index < -0.39 is 11.4 Å². The van der Waals surface area contributed by atoms with Gasteiger partial charge in [0.05, 0.1) is 11.8 Å². The number of pyridine rings is 1. The summed E-state index contributed by atoms with van der Waals surface area (Å²) in [6.07, 6.45) is 6.28. The molecule has 0 spiro atoms. The van der Waals surface area contributed by atoms with Crippen molar-refractivity contribution in [3.63, 3.8) is 0 Å². The molecule has 96 valence electrons. The van der Waals surface area contributed by atoms with E-state index in [9.17, 15) is 14.7 Å². The molecular formula is C14H11NO4. The summed E-state index contributed by atoms with van der Waals surface area (Å²) < 4.78 is 5.33. The van der Waals surface area contributed by atoms with Gasteiger partial charge in [0, 0.05) is 11.1 Å². The third kappa shape index (κ3) is 1.79. The number of nitrogens with one attached hydrogen (secondary N) is 1. The second-order valence-corrected chi connectivity index (χ2v) is 4.39. The highest BCUT2D eigenvalue weighted by atomic mass is 16.3. The van der Waals surface area contributed by atoms with Gasteiger partial charge in [-0.15, -0.1) is 0 Å². The maximum absolute atomic E-state index is 11.7. The van der Waals surface area contributed by atoms with E-state index in [1.54, 1.807) is 24.5 Å². The average molecular weight is 257 g/mol. The van der Waals surface area contributed by atoms with Crippen LogP contribution in [0.5, 0.6) is 5.88 Å². The maximum Gasteiger partial charge on any atom is 0.258 e. The van der Waals surface area contributed by atoms with E-state index in [0.29, 0.717) is 23.1 Å². The van der Waals surface area contributed by atoms with Crippen molar-refractivity contribution in [1.82, 2.24) is 4.98 Å². The van der Waals surface area contributed by atoms with Gasteiger partial charge in [-0.25, -0.2) is 0 Å². The fraction of sp³-hybridized carbons (Fsp3) is 0.143. The normalized spacial score (nSPS) is 17.2. The molecule has 0 bridgehead atoms. The van der Waals surface area contributed by atoms with Crippen LogP contribution >= 0.6 is 0 Å². The Morgan fingerprint density at radius 2 is 2.26 bits per heavy atom. The molecular weight excluding hydrogens is 246 g/mol. The van der Waals surface area contributed by atoms with Crippen LogP contribution in [0.4, 0.5) is 0 Å². The quantitative estimate of drug-likeness (QED) is 0.755. The highest BCUT2D eigenvalue weighted by Crippen LogP contribution is 2.23. The molecule has 0 saturated heterocycles. The van der Waals surface area contributed by atoms with E-state index in [1.807, 2.05) is 6.07 Å². The fourth-order valence-electron chi connectivity index (χ4n) is 2.35. The number of hydrogen-bond acceptors (Lipinski definition) is 4. The molecule has 2 aromatic heterocycles. The number of hydrogen-bond donors (Lipinski definition) is 2. The standard InChI is InChI=1S/C14H11NO4/c16-7-11-10-6-8(12-2-1-5-19-12)3-4-9(10)13(17)15-14(11)18/h1-2,4-8,18H,3H2,(H,15,17). The molecule has 0 radical (unpaired) electrons. The van der Waals surface area contributed by atoms with Gasteiger partial charge in [-0.2, -0.15) is 0 Å². The smallest absolute Gasteiger partial charge is 0.258 e. The number of aromatic hydroxyl groups is 1. The number of carbonyl (C=O) groups excluding carboxylic acids is 1. The van der Waals surface area contributed by atoms with Gasteiger partial charge in [-0.05, 0) is 23.8 Å². The largest absolute Gasteiger partial charge is 0.494 e. The van der Waals surface area contributed by atoms with Gasteiger partial charge in [0.2, 0.25) is 5.88 Å². The summed E-state index contributed by atoms with van der Waals surface area (Å²) in [5, 5.41) is 10.5. The number of aromatic nitrogens is 1. The third-order valence-corrected chi connectivity index (χ3v) is 3.28. The number of aromatic amines is 1. The van der Waals surface area contributed by atoms with Crippen molar-refractivity contribution in [3.8, 4) is 5.88 Å². The van der Waals surface area contributed by atoms with Gasteiger partial charge in [0.15, 0.2) is 6.29 Å². The Morgan fingerprint density at radius 3 is 2.95 bits per heavy atom. The second-order valence-electron chi connectivity index (χ2n) is 4.39. The summed E-state index contributed by atoms with van der Waals surface area (Å²) in [5.74, 6) is 0.324. The Hall–Kier alpha value is -2.56. The number of H-pyrrole nitrogens is 1. The predicted molar refractivity (Wildman–Crippen MR) is 68.4 cm³/mol.